The van der Waals surface area contributed by atoms with E-state index < -0.39 is 39.9 Å². The number of nitrogens with zero attached hydrogens (tertiary/aromatic N) is 2. The number of pyridine rings is 1. The van der Waals surface area contributed by atoms with Gasteiger partial charge in [0.2, 0.25) is 0 Å². The maximum atomic E-state index is 15.6. The number of hydrogen-bond acceptors (Lipinski definition) is 6. The van der Waals surface area contributed by atoms with E-state index in [1.165, 1.54) is 16.7 Å². The van der Waals surface area contributed by atoms with E-state index >= 15 is 4.39 Å². The normalized spacial score (nSPS) is 21.4. The second-order valence-corrected chi connectivity index (χ2v) is 9.71. The van der Waals surface area contributed by atoms with E-state index in [0.29, 0.717) is 4.31 Å². The zero-order chi connectivity index (χ0) is 21.2. The summed E-state index contributed by atoms with van der Waals surface area (Å²) in [6.07, 6.45) is 5.49. The fourth-order valence-corrected chi connectivity index (χ4v) is 5.55. The van der Waals surface area contributed by atoms with Crippen LogP contribution in [0.2, 0.25) is 0 Å². The molecule has 0 atom stereocenters. The molecule has 1 saturated heterocycles. The summed E-state index contributed by atoms with van der Waals surface area (Å²) in [5, 5.41) is 13.7. The molecule has 3 N–H and O–H groups in total. The summed E-state index contributed by atoms with van der Waals surface area (Å²) >= 11 is 0. The first-order valence-electron chi connectivity index (χ1n) is 9.97. The summed E-state index contributed by atoms with van der Waals surface area (Å²) in [6.45, 7) is -0.631. The Morgan fingerprint density at radius 1 is 1.13 bits per heavy atom. The number of nitrogens with one attached hydrogen (secondary N) is 2. The van der Waals surface area contributed by atoms with E-state index in [2.05, 4.69) is 5.32 Å². The van der Waals surface area contributed by atoms with Gasteiger partial charge in [-0.1, -0.05) is 12.8 Å². The first-order valence-corrected chi connectivity index (χ1v) is 11.4. The van der Waals surface area contributed by atoms with E-state index in [1.54, 1.807) is 4.72 Å². The summed E-state index contributed by atoms with van der Waals surface area (Å²) in [5.41, 5.74) is -0.424. The number of rotatable bonds is 4. The molecular weight excluding hydrogens is 415 g/mol. The molecule has 1 aromatic carbocycles. The van der Waals surface area contributed by atoms with Gasteiger partial charge in [0.05, 0.1) is 5.52 Å². The van der Waals surface area contributed by atoms with Crippen molar-refractivity contribution in [2.75, 3.05) is 16.2 Å². The molecule has 0 unspecified atom stereocenters. The highest BCUT2D eigenvalue weighted by Crippen LogP contribution is 2.42. The Hall–Kier alpha value is -2.82. The van der Waals surface area contributed by atoms with Gasteiger partial charge < -0.3 is 15.0 Å². The average molecular weight is 436 g/mol. The molecule has 9 nitrogen and oxygen atoms in total. The Morgan fingerprint density at radius 2 is 1.83 bits per heavy atom. The van der Waals surface area contributed by atoms with Crippen LogP contribution in [0.25, 0.3) is 10.9 Å². The molecule has 2 heterocycles. The molecule has 160 valence electrons. The number of benzene rings is 1. The van der Waals surface area contributed by atoms with Crippen molar-refractivity contribution in [2.45, 2.75) is 50.6 Å². The smallest absolute Gasteiger partial charge is 0.326 e. The predicted octanol–water partition coefficient (Wildman–Crippen LogP) is 1.72. The van der Waals surface area contributed by atoms with E-state index in [0.717, 1.165) is 38.5 Å². The maximum absolute atomic E-state index is 15.6. The number of halogens is 1. The molecule has 0 bridgehead atoms. The Balaban J connectivity index is 1.72. The zero-order valence-electron chi connectivity index (χ0n) is 16.0. The first-order chi connectivity index (χ1) is 14.3. The Morgan fingerprint density at radius 3 is 2.43 bits per heavy atom. The molecule has 2 aliphatic carbocycles. The van der Waals surface area contributed by atoms with Crippen LogP contribution in [0.15, 0.2) is 16.9 Å². The molecule has 3 aliphatic rings. The van der Waals surface area contributed by atoms with E-state index in [1.807, 2.05) is 0 Å². The number of hydrogen-bond donors (Lipinski definition) is 3. The molecule has 2 saturated carbocycles. The third-order valence-electron chi connectivity index (χ3n) is 5.93. The Kier molecular flexibility index (Phi) is 4.21. The number of anilines is 2. The van der Waals surface area contributed by atoms with Gasteiger partial charge in [-0.25, -0.2) is 13.4 Å². The lowest BCUT2D eigenvalue weighted by Gasteiger charge is -2.21. The molecule has 1 aliphatic heterocycles. The Bertz CT molecular complexity index is 1230. The van der Waals surface area contributed by atoms with Gasteiger partial charge >= 0.3 is 10.2 Å². The third kappa shape index (κ3) is 2.99. The van der Waals surface area contributed by atoms with Crippen LogP contribution in [-0.2, 0) is 15.0 Å². The van der Waals surface area contributed by atoms with Crippen LogP contribution in [0.3, 0.4) is 0 Å². The fraction of sp³-hybridized carbons (Fsp3) is 0.474. The lowest BCUT2D eigenvalue weighted by Crippen LogP contribution is -2.31. The van der Waals surface area contributed by atoms with Gasteiger partial charge in [0.15, 0.2) is 5.82 Å². The van der Waals surface area contributed by atoms with Crippen molar-refractivity contribution in [3.8, 4) is 5.75 Å². The fourth-order valence-electron chi connectivity index (χ4n) is 4.38. The average Bonchev–Trinajstić information content (AvgIpc) is 3.29. The zero-order valence-corrected chi connectivity index (χ0v) is 16.8. The number of phenolic OH excluding ortho intramolecular Hbond substituents is 1. The molecule has 5 rings (SSSR count). The minimum atomic E-state index is -4.30. The van der Waals surface area contributed by atoms with Crippen molar-refractivity contribution in [3.05, 3.63) is 28.3 Å². The molecule has 3 fully saturated rings. The maximum Gasteiger partial charge on any atom is 0.326 e. The summed E-state index contributed by atoms with van der Waals surface area (Å²) < 4.78 is 43.7. The first kappa shape index (κ1) is 19.2. The summed E-state index contributed by atoms with van der Waals surface area (Å²) in [5.74, 6) is -2.46. The lowest BCUT2D eigenvalue weighted by molar-refractivity contribution is -0.117. The minimum absolute atomic E-state index is 0.0179. The second kappa shape index (κ2) is 6.59. The van der Waals surface area contributed by atoms with Gasteiger partial charge in [-0.05, 0) is 31.7 Å². The van der Waals surface area contributed by atoms with Crippen molar-refractivity contribution in [2.24, 2.45) is 0 Å². The number of carbonyl (C=O) groups excluding carboxylic acids is 1. The van der Waals surface area contributed by atoms with E-state index in [4.69, 9.17) is 0 Å². The quantitative estimate of drug-likeness (QED) is 0.671. The van der Waals surface area contributed by atoms with Crippen LogP contribution in [0.4, 0.5) is 15.8 Å². The SMILES string of the molecule is O=C1CN(c2c(O)cc3c(cc(NC4CCCC4)c(=O)n3C3CC3)c2F)S(=O)(=O)N1. The highest BCUT2D eigenvalue weighted by Gasteiger charge is 2.38. The minimum Gasteiger partial charge on any atom is -0.506 e. The second-order valence-electron chi connectivity index (χ2n) is 8.12. The number of phenols is 1. The molecule has 0 spiro atoms. The van der Waals surface area contributed by atoms with E-state index in [9.17, 15) is 23.1 Å². The van der Waals surface area contributed by atoms with Crippen molar-refractivity contribution in [1.29, 1.82) is 0 Å². The highest BCUT2D eigenvalue weighted by atomic mass is 32.2. The van der Waals surface area contributed by atoms with Crippen LogP contribution in [0.5, 0.6) is 5.75 Å². The highest BCUT2D eigenvalue weighted by molar-refractivity contribution is 7.92. The monoisotopic (exact) mass is 436 g/mol. The topological polar surface area (TPSA) is 121 Å². The summed E-state index contributed by atoms with van der Waals surface area (Å²) in [4.78, 5) is 24.7. The van der Waals surface area contributed by atoms with Crippen molar-refractivity contribution in [1.82, 2.24) is 9.29 Å². The Labute approximate surface area is 171 Å². The van der Waals surface area contributed by atoms with Crippen LogP contribution in [0.1, 0.15) is 44.6 Å². The summed E-state index contributed by atoms with van der Waals surface area (Å²) in [6, 6.07) is 2.62. The molecular formula is C19H21FN4O5S. The van der Waals surface area contributed by atoms with Crippen LogP contribution in [-0.4, -0.2) is 36.6 Å². The number of fused-ring (bicyclic) bond motifs is 1. The van der Waals surface area contributed by atoms with Crippen LogP contribution < -0.4 is 19.9 Å². The predicted molar refractivity (Wildman–Crippen MR) is 108 cm³/mol. The van der Waals surface area contributed by atoms with Gasteiger partial charge in [0.1, 0.15) is 23.7 Å². The molecule has 0 radical (unpaired) electrons. The lowest BCUT2D eigenvalue weighted by atomic mass is 10.1. The van der Waals surface area contributed by atoms with Gasteiger partial charge in [-0.15, -0.1) is 0 Å². The largest absolute Gasteiger partial charge is 0.506 e. The molecule has 2 aromatic rings. The van der Waals surface area contributed by atoms with Crippen molar-refractivity contribution in [3.63, 3.8) is 0 Å². The number of aromatic hydroxyl groups is 1. The molecule has 11 heteroatoms. The number of carbonyl (C=O) groups is 1. The molecule has 1 aromatic heterocycles. The standard InChI is InChI=1S/C19H21FN4O5S/c20-17-12-7-13(21-10-3-1-2-4-10)19(27)24(11-5-6-11)14(12)8-15(25)18(17)23-9-16(26)22-30(23,28)29/h7-8,10-11,21,25H,1-6,9H2,(H,22,26). The van der Waals surface area contributed by atoms with Gasteiger partial charge in [0, 0.05) is 23.5 Å². The van der Waals surface area contributed by atoms with Crippen molar-refractivity contribution < 1.29 is 22.7 Å². The van der Waals surface area contributed by atoms with Gasteiger partial charge in [-0.3, -0.25) is 9.59 Å². The van der Waals surface area contributed by atoms with E-state index in [-0.39, 0.29) is 34.2 Å². The summed E-state index contributed by atoms with van der Waals surface area (Å²) in [7, 11) is -4.30. The van der Waals surface area contributed by atoms with Gasteiger partial charge in [0.25, 0.3) is 11.5 Å². The van der Waals surface area contributed by atoms with Crippen LogP contribution in [0, 0.1) is 5.82 Å². The van der Waals surface area contributed by atoms with Crippen LogP contribution >= 0.6 is 0 Å². The number of aromatic nitrogens is 1. The number of amides is 1. The molecule has 30 heavy (non-hydrogen) atoms. The van der Waals surface area contributed by atoms with Gasteiger partial charge in [-0.2, -0.15) is 8.42 Å². The van der Waals surface area contributed by atoms with Crippen molar-refractivity contribution >= 4 is 38.4 Å². The third-order valence-corrected chi connectivity index (χ3v) is 7.31. The molecule has 1 amide bonds.